The number of ether oxygens (including phenoxy) is 1. The molecule has 0 aliphatic rings. The van der Waals surface area contributed by atoms with E-state index in [9.17, 15) is 4.79 Å². The molecule has 0 unspecified atom stereocenters. The maximum atomic E-state index is 12.2. The summed E-state index contributed by atoms with van der Waals surface area (Å²) >= 11 is 3.02. The molecule has 1 aromatic carbocycles. The van der Waals surface area contributed by atoms with Crippen LogP contribution < -0.4 is 0 Å². The molecule has 26 heavy (non-hydrogen) atoms. The van der Waals surface area contributed by atoms with E-state index in [0.29, 0.717) is 0 Å². The molecule has 0 bridgehead atoms. The largest absolute Gasteiger partial charge is 0.462 e. The first kappa shape index (κ1) is 18.9. The Morgan fingerprint density at radius 1 is 1.15 bits per heavy atom. The van der Waals surface area contributed by atoms with Crippen molar-refractivity contribution < 1.29 is 9.53 Å². The quantitative estimate of drug-likeness (QED) is 0.333. The van der Waals surface area contributed by atoms with E-state index in [-0.39, 0.29) is 17.3 Å². The molecule has 0 saturated heterocycles. The first-order chi connectivity index (χ1) is 12.4. The summed E-state index contributed by atoms with van der Waals surface area (Å²) < 4.78 is 5.32. The van der Waals surface area contributed by atoms with Gasteiger partial charge in [0.25, 0.3) is 0 Å². The van der Waals surface area contributed by atoms with Gasteiger partial charge in [0.1, 0.15) is 21.4 Å². The molecule has 6 heteroatoms. The van der Waals surface area contributed by atoms with Gasteiger partial charge >= 0.3 is 5.97 Å². The average molecular weight is 387 g/mol. The number of aryl methyl sites for hydroxylation is 2. The van der Waals surface area contributed by atoms with Gasteiger partial charge < -0.3 is 4.74 Å². The number of hydrogen-bond donors (Lipinski definition) is 0. The van der Waals surface area contributed by atoms with Gasteiger partial charge in [-0.05, 0) is 51.3 Å². The van der Waals surface area contributed by atoms with Crippen molar-refractivity contribution in [2.24, 2.45) is 0 Å². The summed E-state index contributed by atoms with van der Waals surface area (Å²) in [5.41, 5.74) is 4.78. The number of esters is 1. The number of rotatable bonds is 5. The highest BCUT2D eigenvalue weighted by Crippen LogP contribution is 2.39. The van der Waals surface area contributed by atoms with E-state index >= 15 is 0 Å². The molecule has 2 heterocycles. The second kappa shape index (κ2) is 7.76. The zero-order valence-corrected chi connectivity index (χ0v) is 17.2. The van der Waals surface area contributed by atoms with Crippen LogP contribution >= 0.6 is 23.1 Å². The highest BCUT2D eigenvalue weighted by molar-refractivity contribution is 8.00. The van der Waals surface area contributed by atoms with Gasteiger partial charge in [0.2, 0.25) is 0 Å². The zero-order chi connectivity index (χ0) is 18.8. The van der Waals surface area contributed by atoms with Crippen LogP contribution in [0.3, 0.4) is 0 Å². The number of benzene rings is 1. The minimum absolute atomic E-state index is 0.122. The second-order valence-corrected chi connectivity index (χ2v) is 8.74. The van der Waals surface area contributed by atoms with E-state index in [4.69, 9.17) is 4.74 Å². The number of thiophene rings is 1. The summed E-state index contributed by atoms with van der Waals surface area (Å²) in [4.78, 5) is 22.0. The molecule has 3 aromatic rings. The lowest BCUT2D eigenvalue weighted by atomic mass is 10.0. The van der Waals surface area contributed by atoms with Gasteiger partial charge in [0, 0.05) is 10.9 Å². The number of carbonyl (C=O) groups excluding carboxylic acids is 1. The van der Waals surface area contributed by atoms with Gasteiger partial charge in [0.05, 0.1) is 11.5 Å². The molecule has 0 N–H and O–H groups in total. The second-order valence-electron chi connectivity index (χ2n) is 6.55. The molecule has 2 aromatic heterocycles. The number of carbonyl (C=O) groups is 1. The Labute approximate surface area is 162 Å². The summed E-state index contributed by atoms with van der Waals surface area (Å²) in [6, 6.07) is 6.45. The van der Waals surface area contributed by atoms with Gasteiger partial charge in [0.15, 0.2) is 0 Å². The first-order valence-electron chi connectivity index (χ1n) is 8.53. The zero-order valence-electron chi connectivity index (χ0n) is 15.6. The monoisotopic (exact) mass is 386 g/mol. The average Bonchev–Trinajstić information content (AvgIpc) is 3.02. The van der Waals surface area contributed by atoms with Crippen molar-refractivity contribution in [3.05, 3.63) is 41.0 Å². The Kier molecular flexibility index (Phi) is 5.63. The fraction of sp³-hybridized carbons (Fsp3) is 0.350. The minimum Gasteiger partial charge on any atom is -0.462 e. The van der Waals surface area contributed by atoms with E-state index in [2.05, 4.69) is 47.4 Å². The van der Waals surface area contributed by atoms with E-state index in [1.165, 1.54) is 22.9 Å². The van der Waals surface area contributed by atoms with Crippen LogP contribution in [0.4, 0.5) is 0 Å². The standard InChI is InChI=1S/C20H22N2O2S2/c1-11(2)24-20(23)14(5)26-19-17-16(9-25-18(17)21-10-22-19)15-7-6-12(3)13(4)8-15/h6-11,14H,1-5H3/t14-/m0/s1. The third-order valence-electron chi connectivity index (χ3n) is 4.13. The van der Waals surface area contributed by atoms with Crippen molar-refractivity contribution >= 4 is 39.3 Å². The van der Waals surface area contributed by atoms with Gasteiger partial charge in [-0.15, -0.1) is 11.3 Å². The Balaban J connectivity index is 2.00. The number of aromatic nitrogens is 2. The molecule has 0 saturated carbocycles. The van der Waals surface area contributed by atoms with Crippen molar-refractivity contribution in [3.8, 4) is 11.1 Å². The third-order valence-corrected chi connectivity index (χ3v) is 6.09. The number of nitrogens with zero attached hydrogens (tertiary/aromatic N) is 2. The van der Waals surface area contributed by atoms with Gasteiger partial charge in [-0.1, -0.05) is 30.0 Å². The first-order valence-corrected chi connectivity index (χ1v) is 10.3. The Morgan fingerprint density at radius 2 is 1.92 bits per heavy atom. The molecule has 0 radical (unpaired) electrons. The molecule has 0 fully saturated rings. The molecule has 1 atom stereocenters. The highest BCUT2D eigenvalue weighted by atomic mass is 32.2. The Hall–Kier alpha value is -1.92. The molecular weight excluding hydrogens is 364 g/mol. The molecule has 4 nitrogen and oxygen atoms in total. The van der Waals surface area contributed by atoms with Gasteiger partial charge in [-0.25, -0.2) is 9.97 Å². The van der Waals surface area contributed by atoms with Crippen molar-refractivity contribution in [3.63, 3.8) is 0 Å². The van der Waals surface area contributed by atoms with Crippen LogP contribution in [0, 0.1) is 13.8 Å². The van der Waals surface area contributed by atoms with Crippen molar-refractivity contribution in [1.29, 1.82) is 0 Å². The van der Waals surface area contributed by atoms with Crippen LogP contribution in [-0.4, -0.2) is 27.3 Å². The van der Waals surface area contributed by atoms with Crippen molar-refractivity contribution in [2.45, 2.75) is 51.0 Å². The number of hydrogen-bond acceptors (Lipinski definition) is 6. The molecular formula is C20H22N2O2S2. The van der Waals surface area contributed by atoms with Crippen LogP contribution in [0.1, 0.15) is 31.9 Å². The van der Waals surface area contributed by atoms with Crippen molar-refractivity contribution in [1.82, 2.24) is 9.97 Å². The highest BCUT2D eigenvalue weighted by Gasteiger charge is 2.21. The van der Waals surface area contributed by atoms with E-state index < -0.39 is 0 Å². The van der Waals surface area contributed by atoms with Crippen LogP contribution in [-0.2, 0) is 9.53 Å². The molecule has 136 valence electrons. The van der Waals surface area contributed by atoms with Crippen LogP contribution in [0.25, 0.3) is 21.3 Å². The fourth-order valence-electron chi connectivity index (χ4n) is 2.60. The van der Waals surface area contributed by atoms with Gasteiger partial charge in [-0.2, -0.15) is 0 Å². The summed E-state index contributed by atoms with van der Waals surface area (Å²) in [6.45, 7) is 9.79. The number of thioether (sulfide) groups is 1. The van der Waals surface area contributed by atoms with Crippen LogP contribution in [0.2, 0.25) is 0 Å². The van der Waals surface area contributed by atoms with Crippen molar-refractivity contribution in [2.75, 3.05) is 0 Å². The smallest absolute Gasteiger partial charge is 0.319 e. The summed E-state index contributed by atoms with van der Waals surface area (Å²) in [5, 5.41) is 3.61. The molecule has 0 aliphatic carbocycles. The molecule has 0 amide bonds. The lowest BCUT2D eigenvalue weighted by Gasteiger charge is -2.14. The lowest BCUT2D eigenvalue weighted by molar-refractivity contribution is -0.146. The molecule has 0 aliphatic heterocycles. The molecule has 3 rings (SSSR count). The SMILES string of the molecule is Cc1ccc(-c2csc3ncnc(S[C@@H](C)C(=O)OC(C)C)c23)cc1C. The predicted molar refractivity (Wildman–Crippen MR) is 109 cm³/mol. The van der Waals surface area contributed by atoms with Gasteiger partial charge in [-0.3, -0.25) is 4.79 Å². The minimum atomic E-state index is -0.331. The summed E-state index contributed by atoms with van der Waals surface area (Å²) in [5.74, 6) is -0.222. The summed E-state index contributed by atoms with van der Waals surface area (Å²) in [6.07, 6.45) is 1.44. The Morgan fingerprint density at radius 3 is 2.62 bits per heavy atom. The van der Waals surface area contributed by atoms with E-state index in [1.807, 2.05) is 20.8 Å². The van der Waals surface area contributed by atoms with E-state index in [1.54, 1.807) is 17.7 Å². The normalized spacial score (nSPS) is 12.5. The molecule has 0 spiro atoms. The fourth-order valence-corrected chi connectivity index (χ4v) is 4.50. The summed E-state index contributed by atoms with van der Waals surface area (Å²) in [7, 11) is 0. The van der Waals surface area contributed by atoms with Crippen LogP contribution in [0.15, 0.2) is 34.9 Å². The van der Waals surface area contributed by atoms with E-state index in [0.717, 1.165) is 26.4 Å². The number of fused-ring (bicyclic) bond motifs is 1. The lowest BCUT2D eigenvalue weighted by Crippen LogP contribution is -2.20. The third kappa shape index (κ3) is 3.91. The Bertz CT molecular complexity index is 950. The predicted octanol–water partition coefficient (Wildman–Crippen LogP) is 5.41. The maximum Gasteiger partial charge on any atom is 0.319 e. The topological polar surface area (TPSA) is 52.1 Å². The maximum absolute atomic E-state index is 12.2. The van der Waals surface area contributed by atoms with Crippen LogP contribution in [0.5, 0.6) is 0 Å².